The van der Waals surface area contributed by atoms with Crippen molar-refractivity contribution in [2.45, 2.75) is 126 Å². The maximum atomic E-state index is 14.5. The molecule has 312 valence electrons. The summed E-state index contributed by atoms with van der Waals surface area (Å²) < 4.78 is 58.2. The number of carbonyl (C=O) groups is 6. The number of esters is 1. The van der Waals surface area contributed by atoms with Crippen LogP contribution in [0.3, 0.4) is 0 Å². The van der Waals surface area contributed by atoms with Crippen molar-refractivity contribution in [3.05, 3.63) is 47.8 Å². The zero-order valence-corrected chi connectivity index (χ0v) is 32.8. The van der Waals surface area contributed by atoms with Crippen LogP contribution < -0.4 is 20.7 Å². The number of fused-ring (bicyclic) bond motifs is 1. The fourth-order valence-electron chi connectivity index (χ4n) is 7.30. The minimum atomic E-state index is -3.99. The molecule has 7 atom stereocenters. The molecule has 1 aromatic rings. The Morgan fingerprint density at radius 1 is 1.16 bits per heavy atom. The quantitative estimate of drug-likeness (QED) is 0.0757. The van der Waals surface area contributed by atoms with Crippen LogP contribution in [0.4, 0.5) is 14.0 Å². The van der Waals surface area contributed by atoms with Gasteiger partial charge in [-0.15, -0.1) is 6.58 Å². The Hall–Kier alpha value is -4.82. The summed E-state index contributed by atoms with van der Waals surface area (Å²) in [5, 5.41) is 17.8. The number of cyclic esters (lactones) is 1. The third kappa shape index (κ3) is 9.66. The van der Waals surface area contributed by atoms with Gasteiger partial charge in [-0.1, -0.05) is 18.2 Å². The number of amides is 5. The van der Waals surface area contributed by atoms with Crippen LogP contribution in [0.1, 0.15) is 76.8 Å². The van der Waals surface area contributed by atoms with Gasteiger partial charge in [-0.2, -0.15) is 0 Å². The van der Waals surface area contributed by atoms with E-state index in [0.717, 1.165) is 4.90 Å². The number of aliphatic hydroxyl groups is 1. The van der Waals surface area contributed by atoms with Gasteiger partial charge in [0, 0.05) is 37.4 Å². The van der Waals surface area contributed by atoms with Crippen molar-refractivity contribution in [2.75, 3.05) is 13.1 Å². The van der Waals surface area contributed by atoms with Gasteiger partial charge in [-0.25, -0.2) is 22.4 Å². The fraction of sp³-hybridized carbons (Fsp3) is 0.622. The average molecular weight is 821 g/mol. The highest BCUT2D eigenvalue weighted by Crippen LogP contribution is 2.45. The molecule has 5 N–H and O–H groups in total. The zero-order valence-electron chi connectivity index (χ0n) is 32.0. The summed E-state index contributed by atoms with van der Waals surface area (Å²) in [6.07, 6.45) is -2.75. The van der Waals surface area contributed by atoms with Crippen LogP contribution in [0.25, 0.3) is 0 Å². The molecule has 0 bridgehead atoms. The van der Waals surface area contributed by atoms with Gasteiger partial charge in [0.2, 0.25) is 21.8 Å². The van der Waals surface area contributed by atoms with E-state index < -0.39 is 105 Å². The van der Waals surface area contributed by atoms with Crippen LogP contribution in [-0.2, 0) is 56.5 Å². The minimum absolute atomic E-state index is 0.0343. The number of rotatable bonds is 14. The topological polar surface area (TPSA) is 239 Å². The number of alkyl carbamates (subject to hydrolysis) is 1. The molecule has 0 aromatic heterocycles. The number of likely N-dealkylation sites (tertiary alicyclic amines) is 1. The highest BCUT2D eigenvalue weighted by Gasteiger charge is 2.62. The molecule has 2 saturated carbocycles. The molecule has 2 unspecified atom stereocenters. The highest BCUT2D eigenvalue weighted by molar-refractivity contribution is 7.91. The lowest BCUT2D eigenvalue weighted by molar-refractivity contribution is -0.146. The van der Waals surface area contributed by atoms with E-state index in [-0.39, 0.29) is 58.3 Å². The lowest BCUT2D eigenvalue weighted by Crippen LogP contribution is -2.58. The summed E-state index contributed by atoms with van der Waals surface area (Å²) in [6, 6.07) is 1.72. The number of nitrogens with one attached hydrogen (secondary N) is 4. The van der Waals surface area contributed by atoms with Crippen molar-refractivity contribution < 1.29 is 60.9 Å². The van der Waals surface area contributed by atoms with Gasteiger partial charge >= 0.3 is 18.2 Å². The van der Waals surface area contributed by atoms with E-state index in [4.69, 9.17) is 14.2 Å². The number of halogens is 1. The molecule has 2 saturated heterocycles. The van der Waals surface area contributed by atoms with Gasteiger partial charge in [-0.05, 0) is 64.5 Å². The molecular weight excluding hydrogens is 772 g/mol. The number of carbonyl (C=O) groups excluding carboxylic acids is 6. The molecule has 6 rings (SSSR count). The van der Waals surface area contributed by atoms with Crippen LogP contribution >= 0.6 is 0 Å². The van der Waals surface area contributed by atoms with Crippen molar-refractivity contribution in [3.8, 4) is 0 Å². The number of ether oxygens (including phenoxy) is 3. The van der Waals surface area contributed by atoms with E-state index in [2.05, 4.69) is 27.3 Å². The van der Waals surface area contributed by atoms with E-state index in [1.165, 1.54) is 23.1 Å². The Bertz CT molecular complexity index is 1920. The summed E-state index contributed by atoms with van der Waals surface area (Å²) >= 11 is 0. The van der Waals surface area contributed by atoms with Crippen LogP contribution in [-0.4, -0.2) is 119 Å². The van der Waals surface area contributed by atoms with Gasteiger partial charge in [0.25, 0.3) is 5.91 Å². The van der Waals surface area contributed by atoms with Crippen molar-refractivity contribution in [2.24, 2.45) is 5.92 Å². The van der Waals surface area contributed by atoms with Gasteiger partial charge < -0.3 is 34.9 Å². The molecule has 3 aliphatic heterocycles. The first-order valence-electron chi connectivity index (χ1n) is 18.9. The summed E-state index contributed by atoms with van der Waals surface area (Å²) in [5.74, 6) is -4.18. The predicted molar refractivity (Wildman–Crippen MR) is 196 cm³/mol. The number of sulfonamides is 1. The Morgan fingerprint density at radius 3 is 2.51 bits per heavy atom. The van der Waals surface area contributed by atoms with E-state index in [9.17, 15) is 46.7 Å². The second-order valence-corrected chi connectivity index (χ2v) is 18.1. The van der Waals surface area contributed by atoms with E-state index in [1.807, 2.05) is 0 Å². The van der Waals surface area contributed by atoms with Crippen molar-refractivity contribution >= 4 is 45.9 Å². The third-order valence-electron chi connectivity index (χ3n) is 10.6. The normalized spacial score (nSPS) is 26.4. The smallest absolute Gasteiger partial charge is 0.410 e. The summed E-state index contributed by atoms with van der Waals surface area (Å²) in [6.45, 7) is 8.15. The summed E-state index contributed by atoms with van der Waals surface area (Å²) in [5.41, 5.74) is -1.71. The third-order valence-corrected chi connectivity index (χ3v) is 12.4. The molecule has 18 nitrogen and oxygen atoms in total. The first-order chi connectivity index (χ1) is 26.8. The monoisotopic (exact) mass is 820 g/mol. The molecule has 2 aliphatic carbocycles. The largest absolute Gasteiger partial charge is 0.458 e. The predicted octanol–water partition coefficient (Wildman–Crippen LogP) is 0.814. The number of nitrogens with zero attached hydrogens (tertiary/aromatic N) is 2. The first-order valence-corrected chi connectivity index (χ1v) is 20.5. The summed E-state index contributed by atoms with van der Waals surface area (Å²) in [4.78, 5) is 82.5. The molecule has 3 heterocycles. The van der Waals surface area contributed by atoms with Gasteiger partial charge in [0.05, 0.1) is 18.3 Å². The fourth-order valence-corrected chi connectivity index (χ4v) is 8.67. The van der Waals surface area contributed by atoms with E-state index in [0.29, 0.717) is 24.0 Å². The molecule has 1 aromatic carbocycles. The summed E-state index contributed by atoms with van der Waals surface area (Å²) in [7, 11) is -3.99. The molecule has 57 heavy (non-hydrogen) atoms. The zero-order chi connectivity index (χ0) is 41.4. The van der Waals surface area contributed by atoms with Crippen molar-refractivity contribution in [1.29, 1.82) is 0 Å². The molecule has 5 amide bonds. The number of hydrogen-bond donors (Lipinski definition) is 5. The lowest BCUT2D eigenvalue weighted by atomic mass is 10.1. The maximum absolute atomic E-state index is 14.5. The first kappa shape index (κ1) is 41.8. The molecule has 20 heteroatoms. The molecular formula is C37H49FN6O12S. The van der Waals surface area contributed by atoms with E-state index in [1.54, 1.807) is 26.8 Å². The van der Waals surface area contributed by atoms with E-state index >= 15 is 0 Å². The maximum Gasteiger partial charge on any atom is 0.410 e. The van der Waals surface area contributed by atoms with Crippen molar-refractivity contribution in [3.63, 3.8) is 0 Å². The highest BCUT2D eigenvalue weighted by atomic mass is 32.2. The minimum Gasteiger partial charge on any atom is -0.458 e. The number of aliphatic hydroxyl groups excluding tert-OH is 1. The Labute approximate surface area is 329 Å². The van der Waals surface area contributed by atoms with Crippen LogP contribution in [0.5, 0.6) is 0 Å². The van der Waals surface area contributed by atoms with Crippen LogP contribution in [0.2, 0.25) is 0 Å². The second kappa shape index (κ2) is 16.2. The molecule has 5 aliphatic rings. The Morgan fingerprint density at radius 2 is 1.89 bits per heavy atom. The second-order valence-electron chi connectivity index (χ2n) is 16.1. The number of benzene rings is 1. The Balaban J connectivity index is 1.22. The SMILES string of the molecule is C=CC1C[C@]1(NC(=O)[C@@H]1C[C@@H](OC(=O)N2Cc3cccc(F)c3C2)CN1C(=O)[C@H](CCNC(O)[C@H]1CCC(=O)O1)NC(=O)OC(C)(C)C)C(=O)NS(=O)(=O)C1CC1. The lowest BCUT2D eigenvalue weighted by Gasteiger charge is -2.30. The van der Waals surface area contributed by atoms with Crippen LogP contribution in [0, 0.1) is 11.7 Å². The number of hydrogen-bond acceptors (Lipinski definition) is 13. The van der Waals surface area contributed by atoms with Gasteiger partial charge in [0.1, 0.15) is 47.5 Å². The Kier molecular flexibility index (Phi) is 11.9. The molecule has 0 spiro atoms. The molecule has 4 fully saturated rings. The van der Waals surface area contributed by atoms with Crippen LogP contribution in [0.15, 0.2) is 30.9 Å². The standard InChI is InChI=1S/C37H49FN6O12S/c1-5-21-16-37(21,33(49)42-57(52,53)23-9-10-23)41-30(46)27-15-22(54-35(51)43-17-20-7-6-8-25(38)24(20)19-43)18-44(27)32(48)26(40-34(50)56-36(2,3)4)13-14-39-31(47)28-11-12-29(45)55-28/h5-8,21-23,26-28,31,39,47H,1,9-19H2,2-4H3,(H,40,50)(H,41,46)(H,42,49)/t21?,22-,26+,27+,28-,31?,37-/m1/s1. The van der Waals surface area contributed by atoms with Gasteiger partial charge in [-0.3, -0.25) is 34.1 Å². The van der Waals surface area contributed by atoms with Gasteiger partial charge in [0.15, 0.2) is 0 Å². The molecule has 0 radical (unpaired) electrons. The average Bonchev–Trinajstić information content (AvgIpc) is 3.95. The van der Waals surface area contributed by atoms with Crippen molar-refractivity contribution in [1.82, 2.24) is 30.5 Å².